The van der Waals surface area contributed by atoms with Crippen molar-refractivity contribution in [3.05, 3.63) is 88.7 Å². The van der Waals surface area contributed by atoms with E-state index in [2.05, 4.69) is 5.32 Å². The number of hydrogen-bond donors (Lipinski definition) is 1. The average molecular weight is 491 g/mol. The van der Waals surface area contributed by atoms with Crippen molar-refractivity contribution in [2.75, 3.05) is 24.5 Å². The molecule has 0 aromatic heterocycles. The van der Waals surface area contributed by atoms with Gasteiger partial charge in [-0.05, 0) is 61.3 Å². The second-order valence-corrected chi connectivity index (χ2v) is 10.0. The molecule has 5 nitrogen and oxygen atoms in total. The zero-order valence-corrected chi connectivity index (χ0v) is 19.6. The summed E-state index contributed by atoms with van der Waals surface area (Å²) in [6, 6.07) is 11.7. The summed E-state index contributed by atoms with van der Waals surface area (Å²) in [5.41, 5.74) is 0.690. The van der Waals surface area contributed by atoms with Gasteiger partial charge < -0.3 is 10.1 Å². The molecule has 1 N–H and O–H groups in total. The predicted molar refractivity (Wildman–Crippen MR) is 124 cm³/mol. The highest BCUT2D eigenvalue weighted by Gasteiger charge is 2.37. The molecule has 1 heterocycles. The van der Waals surface area contributed by atoms with Crippen molar-refractivity contribution in [2.24, 2.45) is 0 Å². The van der Waals surface area contributed by atoms with Gasteiger partial charge in [0.25, 0.3) is 10.0 Å². The first-order chi connectivity index (χ1) is 16.2. The van der Waals surface area contributed by atoms with Crippen LogP contribution in [0.5, 0.6) is 5.75 Å². The third kappa shape index (κ3) is 4.50. The quantitative estimate of drug-likeness (QED) is 0.527. The average Bonchev–Trinajstić information content (AvgIpc) is 3.33. The van der Waals surface area contributed by atoms with Gasteiger partial charge in [0.15, 0.2) is 0 Å². The summed E-state index contributed by atoms with van der Waals surface area (Å²) in [4.78, 5) is -0.212. The lowest BCUT2D eigenvalue weighted by Gasteiger charge is -2.33. The monoisotopic (exact) mass is 490 g/mol. The van der Waals surface area contributed by atoms with Crippen molar-refractivity contribution in [1.82, 2.24) is 5.32 Å². The van der Waals surface area contributed by atoms with E-state index >= 15 is 0 Å². The Labute approximate surface area is 197 Å². The second kappa shape index (κ2) is 9.68. The van der Waals surface area contributed by atoms with Gasteiger partial charge in [-0.1, -0.05) is 24.3 Å². The largest absolute Gasteiger partial charge is 0.495 e. The van der Waals surface area contributed by atoms with Gasteiger partial charge in [0.1, 0.15) is 23.2 Å². The summed E-state index contributed by atoms with van der Waals surface area (Å²) >= 11 is 0. The van der Waals surface area contributed by atoms with Crippen LogP contribution in [0.15, 0.2) is 59.5 Å². The molecule has 3 aromatic carbocycles. The maximum absolute atomic E-state index is 14.5. The molecule has 0 bridgehead atoms. The Kier molecular flexibility index (Phi) is 6.86. The number of anilines is 1. The lowest BCUT2D eigenvalue weighted by Crippen LogP contribution is -2.42. The first kappa shape index (κ1) is 24.1. The molecule has 34 heavy (non-hydrogen) atoms. The van der Waals surface area contributed by atoms with Crippen molar-refractivity contribution in [1.29, 1.82) is 0 Å². The highest BCUT2D eigenvalue weighted by molar-refractivity contribution is 7.92. The van der Waals surface area contributed by atoms with E-state index in [4.69, 9.17) is 4.74 Å². The Morgan fingerprint density at radius 1 is 1.03 bits per heavy atom. The maximum atomic E-state index is 14.5. The molecule has 0 amide bonds. The molecule has 1 atom stereocenters. The van der Waals surface area contributed by atoms with E-state index < -0.39 is 33.5 Å². The number of benzene rings is 3. The number of halogens is 3. The number of nitrogens with zero attached hydrogens (tertiary/aromatic N) is 1. The van der Waals surface area contributed by atoms with Gasteiger partial charge in [0.2, 0.25) is 0 Å². The summed E-state index contributed by atoms with van der Waals surface area (Å²) in [6.07, 6.45) is 0.304. The Morgan fingerprint density at radius 3 is 2.35 bits per heavy atom. The van der Waals surface area contributed by atoms with Crippen LogP contribution in [0.4, 0.5) is 18.9 Å². The van der Waals surface area contributed by atoms with E-state index in [9.17, 15) is 21.6 Å². The number of para-hydroxylation sites is 1. The topological polar surface area (TPSA) is 58.6 Å². The minimum absolute atomic E-state index is 0.180. The van der Waals surface area contributed by atoms with Gasteiger partial charge in [0, 0.05) is 18.5 Å². The molecule has 0 radical (unpaired) electrons. The summed E-state index contributed by atoms with van der Waals surface area (Å²) in [7, 11) is -2.86. The van der Waals surface area contributed by atoms with Gasteiger partial charge in [-0.15, -0.1) is 0 Å². The molecule has 9 heteroatoms. The van der Waals surface area contributed by atoms with Crippen molar-refractivity contribution in [3.8, 4) is 5.75 Å². The van der Waals surface area contributed by atoms with E-state index in [0.717, 1.165) is 18.2 Å². The first-order valence-electron chi connectivity index (χ1n) is 10.8. The zero-order valence-electron chi connectivity index (χ0n) is 18.8. The van der Waals surface area contributed by atoms with Crippen LogP contribution in [0.1, 0.15) is 23.1 Å². The van der Waals surface area contributed by atoms with Crippen LogP contribution in [-0.4, -0.2) is 34.7 Å². The standard InChI is InChI=1S/C25H25F3N2O3S/c1-16-9-10-19(14-23(16)28)34(31,32)30(18-11-12-29-15-18)25-17(5-3-8-24(25)33-2)13-20-21(26)6-4-7-22(20)27/h3-10,14,18,29H,11-13,15H2,1-2H3/t18-/m0/s1. The highest BCUT2D eigenvalue weighted by Crippen LogP contribution is 2.40. The minimum Gasteiger partial charge on any atom is -0.495 e. The number of hydrogen-bond acceptors (Lipinski definition) is 4. The van der Waals surface area contributed by atoms with Crippen LogP contribution in [0.2, 0.25) is 0 Å². The van der Waals surface area contributed by atoms with Crippen LogP contribution < -0.4 is 14.4 Å². The van der Waals surface area contributed by atoms with E-state index in [0.29, 0.717) is 30.6 Å². The van der Waals surface area contributed by atoms with Gasteiger partial charge in [-0.2, -0.15) is 0 Å². The number of rotatable bonds is 7. The first-order valence-corrected chi connectivity index (χ1v) is 12.3. The van der Waals surface area contributed by atoms with Gasteiger partial charge in [0.05, 0.1) is 23.7 Å². The van der Waals surface area contributed by atoms with Crippen LogP contribution in [0.3, 0.4) is 0 Å². The third-order valence-electron chi connectivity index (χ3n) is 6.02. The van der Waals surface area contributed by atoms with Crippen LogP contribution in [0.25, 0.3) is 0 Å². The molecular formula is C25H25F3N2O3S. The normalized spacial score (nSPS) is 16.0. The molecule has 0 spiro atoms. The minimum atomic E-state index is -4.26. The van der Waals surface area contributed by atoms with Gasteiger partial charge >= 0.3 is 0 Å². The zero-order chi connectivity index (χ0) is 24.5. The molecule has 180 valence electrons. The number of aryl methyl sites for hydroxylation is 1. The van der Waals surface area contributed by atoms with E-state index in [-0.39, 0.29) is 28.3 Å². The van der Waals surface area contributed by atoms with Crippen LogP contribution in [-0.2, 0) is 16.4 Å². The SMILES string of the molecule is COc1cccc(Cc2c(F)cccc2F)c1N([C@H]1CCNC1)S(=O)(=O)c1ccc(C)c(F)c1. The predicted octanol–water partition coefficient (Wildman–Crippen LogP) is 4.57. The van der Waals surface area contributed by atoms with Crippen LogP contribution >= 0.6 is 0 Å². The Hall–Kier alpha value is -3.04. The summed E-state index contributed by atoms with van der Waals surface area (Å²) in [5.74, 6) is -1.87. The van der Waals surface area contributed by atoms with Gasteiger partial charge in [-0.25, -0.2) is 21.6 Å². The fourth-order valence-electron chi connectivity index (χ4n) is 4.20. The second-order valence-electron chi connectivity index (χ2n) is 8.20. The lowest BCUT2D eigenvalue weighted by atomic mass is 10.0. The molecule has 1 aliphatic heterocycles. The summed E-state index contributed by atoms with van der Waals surface area (Å²) in [6.45, 7) is 2.50. The smallest absolute Gasteiger partial charge is 0.264 e. The number of sulfonamides is 1. The van der Waals surface area contributed by atoms with E-state index in [1.807, 2.05) is 0 Å². The van der Waals surface area contributed by atoms with Gasteiger partial charge in [-0.3, -0.25) is 4.31 Å². The molecule has 0 unspecified atom stereocenters. The fourth-order valence-corrected chi connectivity index (χ4v) is 5.94. The number of nitrogens with one attached hydrogen (secondary N) is 1. The van der Waals surface area contributed by atoms with E-state index in [1.165, 1.54) is 29.6 Å². The summed E-state index contributed by atoms with van der Waals surface area (Å²) < 4.78 is 77.9. The van der Waals surface area contributed by atoms with Crippen molar-refractivity contribution >= 4 is 15.7 Å². The number of methoxy groups -OCH3 is 1. The van der Waals surface area contributed by atoms with Crippen molar-refractivity contribution in [3.63, 3.8) is 0 Å². The summed E-state index contributed by atoms with van der Waals surface area (Å²) in [5, 5.41) is 3.15. The molecule has 0 aliphatic carbocycles. The van der Waals surface area contributed by atoms with Crippen molar-refractivity contribution in [2.45, 2.75) is 30.7 Å². The molecule has 1 aliphatic rings. The fraction of sp³-hybridized carbons (Fsp3) is 0.280. The Morgan fingerprint density at radius 2 is 1.74 bits per heavy atom. The van der Waals surface area contributed by atoms with Crippen LogP contribution in [0, 0.1) is 24.4 Å². The molecule has 4 rings (SSSR count). The third-order valence-corrected chi connectivity index (χ3v) is 7.87. The Balaban J connectivity index is 1.92. The maximum Gasteiger partial charge on any atom is 0.264 e. The van der Waals surface area contributed by atoms with E-state index in [1.54, 1.807) is 25.1 Å². The molecule has 1 saturated heterocycles. The van der Waals surface area contributed by atoms with Crippen molar-refractivity contribution < 1.29 is 26.3 Å². The highest BCUT2D eigenvalue weighted by atomic mass is 32.2. The molecular weight excluding hydrogens is 465 g/mol. The molecule has 1 fully saturated rings. The Bertz CT molecular complexity index is 1290. The number of ether oxygens (including phenoxy) is 1. The molecule has 3 aromatic rings. The lowest BCUT2D eigenvalue weighted by molar-refractivity contribution is 0.414. The molecule has 0 saturated carbocycles.